The van der Waals surface area contributed by atoms with Gasteiger partial charge in [0.15, 0.2) is 0 Å². The van der Waals surface area contributed by atoms with Gasteiger partial charge < -0.3 is 10.2 Å². The first kappa shape index (κ1) is 22.0. The standard InChI is InChI=1S/C19H33N3O4S/c1-4-5-8-14(11-21(26)13-23)17(24)20-16-18(25)22-10-7-6-9-15(22)12-27-19(16,2)3/h13-16,26H,4-12H2,1-3H3,(H,20,24). The zero-order valence-electron chi connectivity index (χ0n) is 16.6. The summed E-state index contributed by atoms with van der Waals surface area (Å²) in [5.74, 6) is 0.0782. The molecular formula is C19H33N3O4S. The van der Waals surface area contributed by atoms with Gasteiger partial charge >= 0.3 is 0 Å². The van der Waals surface area contributed by atoms with Gasteiger partial charge in [0.1, 0.15) is 6.04 Å². The summed E-state index contributed by atoms with van der Waals surface area (Å²) in [5.41, 5.74) is 0. The Morgan fingerprint density at radius 2 is 2.22 bits per heavy atom. The van der Waals surface area contributed by atoms with Crippen LogP contribution in [0.2, 0.25) is 0 Å². The normalized spacial score (nSPS) is 25.9. The van der Waals surface area contributed by atoms with E-state index in [1.165, 1.54) is 0 Å². The van der Waals surface area contributed by atoms with Crippen molar-refractivity contribution >= 4 is 30.0 Å². The van der Waals surface area contributed by atoms with E-state index in [9.17, 15) is 19.6 Å². The zero-order valence-corrected chi connectivity index (χ0v) is 17.5. The van der Waals surface area contributed by atoms with Gasteiger partial charge in [0, 0.05) is 23.1 Å². The van der Waals surface area contributed by atoms with Crippen molar-refractivity contribution < 1.29 is 19.6 Å². The van der Waals surface area contributed by atoms with E-state index < -0.39 is 16.7 Å². The largest absolute Gasteiger partial charge is 0.343 e. The molecule has 0 aromatic carbocycles. The number of hydrogen-bond donors (Lipinski definition) is 2. The van der Waals surface area contributed by atoms with Crippen LogP contribution in [-0.2, 0) is 14.4 Å². The number of piperidine rings is 1. The van der Waals surface area contributed by atoms with E-state index in [1.807, 2.05) is 25.7 Å². The molecule has 0 radical (unpaired) electrons. The van der Waals surface area contributed by atoms with Gasteiger partial charge in [0.25, 0.3) is 0 Å². The molecule has 0 bridgehead atoms. The summed E-state index contributed by atoms with van der Waals surface area (Å²) in [6.07, 6.45) is 5.77. The van der Waals surface area contributed by atoms with Crippen LogP contribution in [0, 0.1) is 5.92 Å². The molecule has 0 aromatic rings. The zero-order chi connectivity index (χ0) is 20.0. The Hall–Kier alpha value is -1.28. The molecule has 7 nitrogen and oxygen atoms in total. The predicted octanol–water partition coefficient (Wildman–Crippen LogP) is 2.03. The molecule has 0 saturated carbocycles. The fraction of sp³-hybridized carbons (Fsp3) is 0.842. The number of rotatable bonds is 8. The molecule has 0 aliphatic carbocycles. The van der Waals surface area contributed by atoms with Gasteiger partial charge in [0.05, 0.1) is 12.5 Å². The minimum atomic E-state index is -0.606. The van der Waals surface area contributed by atoms with E-state index in [0.29, 0.717) is 17.9 Å². The van der Waals surface area contributed by atoms with E-state index in [4.69, 9.17) is 0 Å². The Kier molecular flexibility index (Phi) is 7.97. The van der Waals surface area contributed by atoms with Crippen LogP contribution >= 0.6 is 11.8 Å². The SMILES string of the molecule is CCCCC(CN(O)C=O)C(=O)NC1C(=O)N2CCCCC2CSC1(C)C. The fourth-order valence-electron chi connectivity index (χ4n) is 3.84. The van der Waals surface area contributed by atoms with Crippen molar-refractivity contribution in [1.82, 2.24) is 15.3 Å². The highest BCUT2D eigenvalue weighted by Gasteiger charge is 2.45. The van der Waals surface area contributed by atoms with Crippen LogP contribution in [0.1, 0.15) is 59.3 Å². The molecule has 2 aliphatic heterocycles. The van der Waals surface area contributed by atoms with Crippen molar-refractivity contribution in [3.05, 3.63) is 0 Å². The summed E-state index contributed by atoms with van der Waals surface area (Å²) in [4.78, 5) is 38.9. The molecule has 3 atom stereocenters. The third kappa shape index (κ3) is 5.60. The lowest BCUT2D eigenvalue weighted by molar-refractivity contribution is -0.155. The summed E-state index contributed by atoms with van der Waals surface area (Å²) in [6, 6.07) is -0.359. The van der Waals surface area contributed by atoms with Gasteiger partial charge in [-0.25, -0.2) is 5.06 Å². The summed E-state index contributed by atoms with van der Waals surface area (Å²) < 4.78 is -0.414. The third-order valence-corrected chi connectivity index (χ3v) is 7.12. The number of carbonyl (C=O) groups is 3. The minimum Gasteiger partial charge on any atom is -0.343 e. The average Bonchev–Trinajstić information content (AvgIpc) is 2.75. The van der Waals surface area contributed by atoms with Gasteiger partial charge in [-0.05, 0) is 39.5 Å². The Morgan fingerprint density at radius 3 is 2.89 bits per heavy atom. The monoisotopic (exact) mass is 399 g/mol. The predicted molar refractivity (Wildman–Crippen MR) is 105 cm³/mol. The second-order valence-electron chi connectivity index (χ2n) is 8.10. The molecular weight excluding hydrogens is 366 g/mol. The first-order valence-corrected chi connectivity index (χ1v) is 10.9. The number of thioether (sulfide) groups is 1. The molecule has 2 fully saturated rings. The maximum Gasteiger partial charge on any atom is 0.246 e. The molecule has 8 heteroatoms. The Morgan fingerprint density at radius 1 is 1.48 bits per heavy atom. The van der Waals surface area contributed by atoms with Crippen LogP contribution in [0.3, 0.4) is 0 Å². The topological polar surface area (TPSA) is 90.0 Å². The van der Waals surface area contributed by atoms with Gasteiger partial charge in [-0.3, -0.25) is 19.6 Å². The smallest absolute Gasteiger partial charge is 0.246 e. The second-order valence-corrected chi connectivity index (χ2v) is 9.78. The molecule has 2 aliphatic rings. The Balaban J connectivity index is 2.15. The number of amides is 3. The molecule has 0 aromatic heterocycles. The van der Waals surface area contributed by atoms with Crippen LogP contribution in [0.15, 0.2) is 0 Å². The molecule has 2 rings (SSSR count). The second kappa shape index (κ2) is 9.78. The number of nitrogens with one attached hydrogen (secondary N) is 1. The molecule has 2 saturated heterocycles. The molecule has 2 N–H and O–H groups in total. The minimum absolute atomic E-state index is 0.00599. The van der Waals surface area contributed by atoms with Crippen molar-refractivity contribution in [1.29, 1.82) is 0 Å². The highest BCUT2D eigenvalue weighted by Crippen LogP contribution is 2.37. The molecule has 0 spiro atoms. The van der Waals surface area contributed by atoms with Gasteiger partial charge in [-0.15, -0.1) is 0 Å². The number of hydrogen-bond acceptors (Lipinski definition) is 5. The maximum atomic E-state index is 13.2. The molecule has 2 heterocycles. The third-order valence-electron chi connectivity index (χ3n) is 5.59. The van der Waals surface area contributed by atoms with Crippen LogP contribution in [0.5, 0.6) is 0 Å². The summed E-state index contributed by atoms with van der Waals surface area (Å²) >= 11 is 1.74. The molecule has 27 heavy (non-hydrogen) atoms. The highest BCUT2D eigenvalue weighted by atomic mass is 32.2. The fourth-order valence-corrected chi connectivity index (χ4v) is 5.14. The molecule has 3 amide bonds. The van der Waals surface area contributed by atoms with E-state index in [0.717, 1.165) is 44.4 Å². The van der Waals surface area contributed by atoms with Crippen molar-refractivity contribution in [2.75, 3.05) is 18.8 Å². The van der Waals surface area contributed by atoms with E-state index in [1.54, 1.807) is 11.8 Å². The number of nitrogens with zero attached hydrogens (tertiary/aromatic N) is 2. The lowest BCUT2D eigenvalue weighted by atomic mass is 9.95. The van der Waals surface area contributed by atoms with Crippen LogP contribution in [-0.4, -0.2) is 69.1 Å². The van der Waals surface area contributed by atoms with Gasteiger partial charge in [-0.2, -0.15) is 11.8 Å². The molecule has 154 valence electrons. The van der Waals surface area contributed by atoms with Gasteiger partial charge in [0.2, 0.25) is 18.2 Å². The van der Waals surface area contributed by atoms with Crippen molar-refractivity contribution in [3.8, 4) is 0 Å². The number of carbonyl (C=O) groups excluding carboxylic acids is 3. The number of unbranched alkanes of at least 4 members (excludes halogenated alkanes) is 1. The Labute approximate surface area is 166 Å². The van der Waals surface area contributed by atoms with E-state index >= 15 is 0 Å². The lowest BCUT2D eigenvalue weighted by Gasteiger charge is -2.37. The summed E-state index contributed by atoms with van der Waals surface area (Å²) in [6.45, 7) is 6.72. The molecule has 3 unspecified atom stereocenters. The maximum absolute atomic E-state index is 13.2. The van der Waals surface area contributed by atoms with Crippen LogP contribution in [0.25, 0.3) is 0 Å². The van der Waals surface area contributed by atoms with Crippen LogP contribution < -0.4 is 5.32 Å². The van der Waals surface area contributed by atoms with E-state index in [2.05, 4.69) is 5.32 Å². The number of hydroxylamine groups is 2. The quantitative estimate of drug-likeness (QED) is 0.370. The highest BCUT2D eigenvalue weighted by molar-refractivity contribution is 8.00. The summed E-state index contributed by atoms with van der Waals surface area (Å²) in [7, 11) is 0. The lowest BCUT2D eigenvalue weighted by Crippen LogP contribution is -2.59. The first-order chi connectivity index (χ1) is 12.8. The van der Waals surface area contributed by atoms with Gasteiger partial charge in [-0.1, -0.05) is 19.8 Å². The van der Waals surface area contributed by atoms with E-state index in [-0.39, 0.29) is 24.4 Å². The van der Waals surface area contributed by atoms with Crippen molar-refractivity contribution in [3.63, 3.8) is 0 Å². The van der Waals surface area contributed by atoms with Crippen LogP contribution in [0.4, 0.5) is 0 Å². The average molecular weight is 400 g/mol. The van der Waals surface area contributed by atoms with Crippen molar-refractivity contribution in [2.24, 2.45) is 5.92 Å². The van der Waals surface area contributed by atoms with Crippen molar-refractivity contribution in [2.45, 2.75) is 76.1 Å². The summed E-state index contributed by atoms with van der Waals surface area (Å²) in [5, 5.41) is 13.0. The Bertz CT molecular complexity index is 543. The first-order valence-electron chi connectivity index (χ1n) is 9.95. The number of fused-ring (bicyclic) bond motifs is 1.